The average molecular weight is 221 g/mol. The van der Waals surface area contributed by atoms with Crippen molar-refractivity contribution in [2.24, 2.45) is 0 Å². The molecule has 1 heterocycles. The highest BCUT2D eigenvalue weighted by Gasteiger charge is 2.24. The third-order valence-electron chi connectivity index (χ3n) is 2.09. The van der Waals surface area contributed by atoms with E-state index in [-0.39, 0.29) is 23.1 Å². The van der Waals surface area contributed by atoms with Crippen LogP contribution in [0.1, 0.15) is 33.6 Å². The summed E-state index contributed by atoms with van der Waals surface area (Å²) in [6.45, 7) is 5.87. The van der Waals surface area contributed by atoms with Gasteiger partial charge in [0.05, 0.1) is 17.1 Å². The molecule has 1 saturated heterocycles. The summed E-state index contributed by atoms with van der Waals surface area (Å²) in [5.41, 5.74) is 2.71. The normalized spacial score (nSPS) is 23.6. The Morgan fingerprint density at radius 3 is 2.14 bits per heavy atom. The quantitative estimate of drug-likeness (QED) is 0.703. The van der Waals surface area contributed by atoms with Crippen LogP contribution in [-0.4, -0.2) is 31.6 Å². The Bertz CT molecular complexity index is 265. The van der Waals surface area contributed by atoms with Gasteiger partial charge < -0.3 is 0 Å². The summed E-state index contributed by atoms with van der Waals surface area (Å²) in [5, 5.41) is 0. The first-order valence-electron chi connectivity index (χ1n) is 4.92. The van der Waals surface area contributed by atoms with E-state index in [1.807, 2.05) is 20.8 Å². The molecule has 5 heteroatoms. The third-order valence-corrected chi connectivity index (χ3v) is 3.80. The fourth-order valence-corrected chi connectivity index (χ4v) is 2.76. The van der Waals surface area contributed by atoms with Crippen molar-refractivity contribution in [3.63, 3.8) is 0 Å². The summed E-state index contributed by atoms with van der Waals surface area (Å²) in [5.74, 6) is 0.552. The topological polar surface area (TPSA) is 55.4 Å². The molecule has 0 spiro atoms. The molecule has 0 atom stereocenters. The van der Waals surface area contributed by atoms with Crippen LogP contribution < -0.4 is 5.48 Å². The molecule has 0 radical (unpaired) electrons. The van der Waals surface area contributed by atoms with E-state index in [1.54, 1.807) is 0 Å². The molecule has 4 nitrogen and oxygen atoms in total. The highest BCUT2D eigenvalue weighted by Crippen LogP contribution is 2.13. The predicted molar refractivity (Wildman–Crippen MR) is 55.6 cm³/mol. The lowest BCUT2D eigenvalue weighted by Crippen LogP contribution is -2.41. The molecule has 1 rings (SSSR count). The highest BCUT2D eigenvalue weighted by molar-refractivity contribution is 7.91. The highest BCUT2D eigenvalue weighted by atomic mass is 32.2. The van der Waals surface area contributed by atoms with Gasteiger partial charge in [-0.2, -0.15) is 5.48 Å². The first-order chi connectivity index (χ1) is 6.29. The molecular weight excluding hydrogens is 202 g/mol. The van der Waals surface area contributed by atoms with E-state index in [0.29, 0.717) is 12.8 Å². The molecule has 0 aromatic carbocycles. The second kappa shape index (κ2) is 4.16. The molecule has 1 aliphatic heterocycles. The van der Waals surface area contributed by atoms with Gasteiger partial charge in [-0.15, -0.1) is 0 Å². The lowest BCUT2D eigenvalue weighted by molar-refractivity contribution is -0.0893. The first kappa shape index (κ1) is 11.9. The monoisotopic (exact) mass is 221 g/mol. The van der Waals surface area contributed by atoms with Crippen LogP contribution in [0.4, 0.5) is 0 Å². The van der Waals surface area contributed by atoms with Gasteiger partial charge >= 0.3 is 0 Å². The molecule has 1 aliphatic rings. The second-order valence-corrected chi connectivity index (χ2v) is 7.06. The molecule has 0 saturated carbocycles. The van der Waals surface area contributed by atoms with Crippen molar-refractivity contribution >= 4 is 9.84 Å². The van der Waals surface area contributed by atoms with Gasteiger partial charge in [0.15, 0.2) is 0 Å². The van der Waals surface area contributed by atoms with E-state index < -0.39 is 9.84 Å². The number of sulfone groups is 1. The van der Waals surface area contributed by atoms with Crippen LogP contribution in [0.3, 0.4) is 0 Å². The zero-order valence-electron chi connectivity index (χ0n) is 9.04. The van der Waals surface area contributed by atoms with Crippen LogP contribution in [0.2, 0.25) is 0 Å². The molecule has 0 unspecified atom stereocenters. The molecule has 84 valence electrons. The van der Waals surface area contributed by atoms with Crippen molar-refractivity contribution in [2.75, 3.05) is 11.5 Å². The summed E-state index contributed by atoms with van der Waals surface area (Å²) >= 11 is 0. The zero-order valence-corrected chi connectivity index (χ0v) is 9.86. The van der Waals surface area contributed by atoms with Crippen LogP contribution in [0.5, 0.6) is 0 Å². The maximum atomic E-state index is 11.1. The van der Waals surface area contributed by atoms with Crippen molar-refractivity contribution in [2.45, 2.75) is 45.3 Å². The number of hydrogen-bond acceptors (Lipinski definition) is 4. The Labute approximate surface area is 85.9 Å². The minimum Gasteiger partial charge on any atom is -0.296 e. The van der Waals surface area contributed by atoms with Crippen molar-refractivity contribution in [1.82, 2.24) is 5.48 Å². The van der Waals surface area contributed by atoms with Gasteiger partial charge in [-0.1, -0.05) is 0 Å². The Morgan fingerprint density at radius 1 is 1.21 bits per heavy atom. The van der Waals surface area contributed by atoms with Crippen LogP contribution in [0.15, 0.2) is 0 Å². The van der Waals surface area contributed by atoms with Crippen LogP contribution in [0, 0.1) is 0 Å². The van der Waals surface area contributed by atoms with Gasteiger partial charge in [0.25, 0.3) is 0 Å². The SMILES string of the molecule is CC(C)(C)ONC1CCS(=O)(=O)CC1. The van der Waals surface area contributed by atoms with Gasteiger partial charge in [-0.05, 0) is 33.6 Å². The van der Waals surface area contributed by atoms with E-state index in [9.17, 15) is 8.42 Å². The lowest BCUT2D eigenvalue weighted by atomic mass is 10.2. The molecule has 0 aliphatic carbocycles. The smallest absolute Gasteiger partial charge is 0.150 e. The molecular formula is C9H19NO3S. The summed E-state index contributed by atoms with van der Waals surface area (Å²) in [6, 6.07) is 0.178. The molecule has 0 amide bonds. The van der Waals surface area contributed by atoms with Crippen LogP contribution in [-0.2, 0) is 14.7 Å². The Balaban J connectivity index is 2.30. The molecule has 0 bridgehead atoms. The molecule has 1 fully saturated rings. The Morgan fingerprint density at radius 2 is 1.71 bits per heavy atom. The van der Waals surface area contributed by atoms with E-state index in [0.717, 1.165) is 0 Å². The molecule has 0 aromatic heterocycles. The van der Waals surface area contributed by atoms with Gasteiger partial charge in [0.2, 0.25) is 0 Å². The number of nitrogens with one attached hydrogen (secondary N) is 1. The Kier molecular flexibility index (Phi) is 3.55. The van der Waals surface area contributed by atoms with Crippen molar-refractivity contribution < 1.29 is 13.3 Å². The predicted octanol–water partition coefficient (Wildman–Crippen LogP) is 0.883. The molecule has 1 N–H and O–H groups in total. The maximum Gasteiger partial charge on any atom is 0.150 e. The van der Waals surface area contributed by atoms with E-state index in [4.69, 9.17) is 4.84 Å². The van der Waals surface area contributed by atoms with E-state index in [1.165, 1.54) is 0 Å². The largest absolute Gasteiger partial charge is 0.296 e. The van der Waals surface area contributed by atoms with E-state index >= 15 is 0 Å². The Hall–Kier alpha value is -0.130. The third kappa shape index (κ3) is 4.39. The number of hydrogen-bond donors (Lipinski definition) is 1. The summed E-state index contributed by atoms with van der Waals surface area (Å²) < 4.78 is 22.3. The lowest BCUT2D eigenvalue weighted by Gasteiger charge is -2.27. The van der Waals surface area contributed by atoms with Crippen molar-refractivity contribution in [3.05, 3.63) is 0 Å². The summed E-state index contributed by atoms with van der Waals surface area (Å²) in [4.78, 5) is 5.39. The number of rotatable bonds is 2. The fraction of sp³-hybridized carbons (Fsp3) is 1.00. The standard InChI is InChI=1S/C9H19NO3S/c1-9(2,3)13-10-8-4-6-14(11,12)7-5-8/h8,10H,4-7H2,1-3H3. The first-order valence-corrected chi connectivity index (χ1v) is 6.75. The number of hydroxylamine groups is 1. The minimum absolute atomic E-state index is 0.178. The van der Waals surface area contributed by atoms with Gasteiger partial charge in [0, 0.05) is 6.04 Å². The van der Waals surface area contributed by atoms with Gasteiger partial charge in [0.1, 0.15) is 9.84 Å². The van der Waals surface area contributed by atoms with Crippen LogP contribution in [0.25, 0.3) is 0 Å². The molecule has 0 aromatic rings. The summed E-state index contributed by atoms with van der Waals surface area (Å²) in [6.07, 6.45) is 1.30. The average Bonchev–Trinajstić information content (AvgIpc) is 2.01. The second-order valence-electron chi connectivity index (χ2n) is 4.76. The maximum absolute atomic E-state index is 11.1. The van der Waals surface area contributed by atoms with Gasteiger partial charge in [-0.25, -0.2) is 8.42 Å². The minimum atomic E-state index is -2.77. The van der Waals surface area contributed by atoms with Crippen molar-refractivity contribution in [1.29, 1.82) is 0 Å². The van der Waals surface area contributed by atoms with Gasteiger partial charge in [-0.3, -0.25) is 4.84 Å². The van der Waals surface area contributed by atoms with E-state index in [2.05, 4.69) is 5.48 Å². The van der Waals surface area contributed by atoms with Crippen molar-refractivity contribution in [3.8, 4) is 0 Å². The summed E-state index contributed by atoms with van der Waals surface area (Å²) in [7, 11) is -2.77. The fourth-order valence-electron chi connectivity index (χ4n) is 1.27. The molecule has 14 heavy (non-hydrogen) atoms. The van der Waals surface area contributed by atoms with Crippen LogP contribution >= 0.6 is 0 Å². The zero-order chi connectivity index (χ0) is 10.8.